The van der Waals surface area contributed by atoms with Gasteiger partial charge in [0.2, 0.25) is 5.76 Å². The van der Waals surface area contributed by atoms with Crippen molar-refractivity contribution in [1.29, 1.82) is 0 Å². The largest absolute Gasteiger partial charge is 0.435 e. The van der Waals surface area contributed by atoms with Crippen LogP contribution < -0.4 is 0 Å². The number of fused-ring (bicyclic) bond motifs is 1. The highest BCUT2D eigenvalue weighted by Crippen LogP contribution is 2.25. The average molecular weight is 353 g/mol. The number of carbonyl (C=O) groups is 1. The molecule has 0 N–H and O–H groups in total. The summed E-state index contributed by atoms with van der Waals surface area (Å²) < 4.78 is 5.64. The van der Waals surface area contributed by atoms with E-state index in [1.165, 1.54) is 17.5 Å². The van der Waals surface area contributed by atoms with Crippen LogP contribution in [-0.2, 0) is 19.3 Å². The summed E-state index contributed by atoms with van der Waals surface area (Å²) in [5.74, 6) is 1.05. The lowest BCUT2D eigenvalue weighted by Crippen LogP contribution is -2.53. The van der Waals surface area contributed by atoms with Crippen molar-refractivity contribution >= 4 is 5.91 Å². The van der Waals surface area contributed by atoms with E-state index in [1.807, 2.05) is 18.7 Å². The quantitative estimate of drug-likeness (QED) is 0.851. The van der Waals surface area contributed by atoms with Crippen LogP contribution in [0, 0.1) is 6.92 Å². The minimum absolute atomic E-state index is 0.0108. The van der Waals surface area contributed by atoms with E-state index in [0.29, 0.717) is 29.8 Å². The molecule has 1 aliphatic carbocycles. The number of benzene rings is 1. The Morgan fingerprint density at radius 3 is 2.62 bits per heavy atom. The normalized spacial score (nSPS) is 20.8. The molecule has 0 spiro atoms. The van der Waals surface area contributed by atoms with Crippen molar-refractivity contribution in [2.24, 2.45) is 0 Å². The van der Waals surface area contributed by atoms with Gasteiger partial charge in [-0.1, -0.05) is 31.2 Å². The van der Waals surface area contributed by atoms with Gasteiger partial charge in [-0.15, -0.1) is 0 Å². The van der Waals surface area contributed by atoms with E-state index in [9.17, 15) is 4.79 Å². The molecule has 1 aliphatic heterocycles. The number of hydrogen-bond donors (Lipinski definition) is 0. The van der Waals surface area contributed by atoms with Gasteiger partial charge >= 0.3 is 0 Å². The highest BCUT2D eigenvalue weighted by atomic mass is 16.4. The van der Waals surface area contributed by atoms with Crippen molar-refractivity contribution in [2.45, 2.75) is 45.6 Å². The van der Waals surface area contributed by atoms with Gasteiger partial charge in [0.15, 0.2) is 5.89 Å². The van der Waals surface area contributed by atoms with E-state index in [-0.39, 0.29) is 5.91 Å². The molecule has 138 valence electrons. The number of piperazine rings is 1. The molecule has 2 aromatic rings. The van der Waals surface area contributed by atoms with Crippen molar-refractivity contribution in [3.63, 3.8) is 0 Å². The number of hydrogen-bond acceptors (Lipinski definition) is 4. The number of amides is 1. The predicted molar refractivity (Wildman–Crippen MR) is 100 cm³/mol. The fraction of sp³-hybridized carbons (Fsp3) is 0.524. The second-order valence-electron chi connectivity index (χ2n) is 7.37. The van der Waals surface area contributed by atoms with Crippen LogP contribution in [0.25, 0.3) is 0 Å². The summed E-state index contributed by atoms with van der Waals surface area (Å²) in [4.78, 5) is 21.6. The Bertz CT molecular complexity index is 790. The highest BCUT2D eigenvalue weighted by Gasteiger charge is 2.30. The Morgan fingerprint density at radius 1 is 1.19 bits per heavy atom. The molecule has 1 aromatic heterocycles. The van der Waals surface area contributed by atoms with Crippen LogP contribution in [0.2, 0.25) is 0 Å². The summed E-state index contributed by atoms with van der Waals surface area (Å²) in [7, 11) is 0. The van der Waals surface area contributed by atoms with Crippen LogP contribution in [0.1, 0.15) is 46.6 Å². The lowest BCUT2D eigenvalue weighted by Gasteiger charge is -2.41. The highest BCUT2D eigenvalue weighted by molar-refractivity contribution is 5.92. The van der Waals surface area contributed by atoms with Gasteiger partial charge < -0.3 is 9.32 Å². The van der Waals surface area contributed by atoms with E-state index in [2.05, 4.69) is 34.1 Å². The molecule has 1 amide bonds. The molecule has 4 rings (SSSR count). The first-order valence-electron chi connectivity index (χ1n) is 9.72. The zero-order valence-electron chi connectivity index (χ0n) is 15.7. The molecule has 1 aromatic carbocycles. The number of nitrogens with zero attached hydrogens (tertiary/aromatic N) is 3. The first kappa shape index (κ1) is 17.3. The maximum Gasteiger partial charge on any atom is 0.291 e. The number of aromatic nitrogens is 1. The molecule has 1 fully saturated rings. The summed E-state index contributed by atoms with van der Waals surface area (Å²) >= 11 is 0. The minimum Gasteiger partial charge on any atom is -0.435 e. The van der Waals surface area contributed by atoms with Gasteiger partial charge in [-0.05, 0) is 37.3 Å². The fourth-order valence-electron chi connectivity index (χ4n) is 4.23. The zero-order chi connectivity index (χ0) is 18.1. The van der Waals surface area contributed by atoms with Crippen LogP contribution in [0.15, 0.2) is 28.7 Å². The summed E-state index contributed by atoms with van der Waals surface area (Å²) in [5.41, 5.74) is 3.70. The Labute approximate surface area is 155 Å². The second-order valence-corrected chi connectivity index (χ2v) is 7.37. The van der Waals surface area contributed by atoms with Gasteiger partial charge in [0.25, 0.3) is 5.91 Å². The van der Waals surface area contributed by atoms with Crippen molar-refractivity contribution < 1.29 is 9.21 Å². The lowest BCUT2D eigenvalue weighted by molar-refractivity contribution is 0.0523. The molecule has 1 saturated heterocycles. The molecule has 2 heterocycles. The number of oxazole rings is 1. The number of rotatable bonds is 3. The third-order valence-corrected chi connectivity index (χ3v) is 5.78. The predicted octanol–water partition coefficient (Wildman–Crippen LogP) is 2.86. The standard InChI is InChI=1S/C21H27N3O2/c1-3-19-22-15(2)20(26-19)21(25)24-12-10-23(11-13-24)18-9-8-16-6-4-5-7-17(16)14-18/h4-7,18H,3,8-14H2,1-2H3/t18-/m1/s1. The van der Waals surface area contributed by atoms with Crippen LogP contribution in [0.4, 0.5) is 0 Å². The zero-order valence-corrected chi connectivity index (χ0v) is 15.7. The molecular weight excluding hydrogens is 326 g/mol. The van der Waals surface area contributed by atoms with Gasteiger partial charge in [0, 0.05) is 38.6 Å². The molecule has 0 radical (unpaired) electrons. The van der Waals surface area contributed by atoms with Crippen LogP contribution >= 0.6 is 0 Å². The first-order chi connectivity index (χ1) is 12.7. The molecule has 2 aliphatic rings. The third kappa shape index (κ3) is 3.28. The van der Waals surface area contributed by atoms with Gasteiger partial charge in [-0.25, -0.2) is 4.98 Å². The molecule has 0 saturated carbocycles. The van der Waals surface area contributed by atoms with Crippen molar-refractivity contribution in [3.8, 4) is 0 Å². The Balaban J connectivity index is 1.37. The average Bonchev–Trinajstić information content (AvgIpc) is 3.08. The summed E-state index contributed by atoms with van der Waals surface area (Å²) in [6.45, 7) is 7.24. The van der Waals surface area contributed by atoms with Crippen LogP contribution in [-0.4, -0.2) is 52.9 Å². The third-order valence-electron chi connectivity index (χ3n) is 5.78. The molecule has 5 nitrogen and oxygen atoms in total. The molecule has 5 heteroatoms. The SMILES string of the molecule is CCc1nc(C)c(C(=O)N2CCN([C@@H]3CCc4ccccc4C3)CC2)o1. The van der Waals surface area contributed by atoms with Gasteiger partial charge in [0.05, 0.1) is 5.69 Å². The number of carbonyl (C=O) groups excluding carboxylic acids is 1. The van der Waals surface area contributed by atoms with Gasteiger partial charge in [-0.3, -0.25) is 9.69 Å². The van der Waals surface area contributed by atoms with E-state index < -0.39 is 0 Å². The first-order valence-corrected chi connectivity index (χ1v) is 9.72. The monoisotopic (exact) mass is 353 g/mol. The summed E-state index contributed by atoms with van der Waals surface area (Å²) in [6.07, 6.45) is 4.22. The van der Waals surface area contributed by atoms with E-state index in [1.54, 1.807) is 0 Å². The minimum atomic E-state index is -0.0108. The molecule has 1 atom stereocenters. The van der Waals surface area contributed by atoms with E-state index in [0.717, 1.165) is 39.0 Å². The fourth-order valence-corrected chi connectivity index (χ4v) is 4.23. The maximum absolute atomic E-state index is 12.8. The van der Waals surface area contributed by atoms with E-state index >= 15 is 0 Å². The molecule has 26 heavy (non-hydrogen) atoms. The molecular formula is C21H27N3O2. The summed E-state index contributed by atoms with van der Waals surface area (Å²) in [6, 6.07) is 9.40. The molecule has 0 unspecified atom stereocenters. The van der Waals surface area contributed by atoms with Gasteiger partial charge in [-0.2, -0.15) is 0 Å². The van der Waals surface area contributed by atoms with Crippen LogP contribution in [0.3, 0.4) is 0 Å². The van der Waals surface area contributed by atoms with Crippen molar-refractivity contribution in [2.75, 3.05) is 26.2 Å². The smallest absolute Gasteiger partial charge is 0.291 e. The van der Waals surface area contributed by atoms with Gasteiger partial charge in [0.1, 0.15) is 0 Å². The van der Waals surface area contributed by atoms with Crippen molar-refractivity contribution in [3.05, 3.63) is 52.7 Å². The lowest BCUT2D eigenvalue weighted by atomic mass is 9.87. The van der Waals surface area contributed by atoms with E-state index in [4.69, 9.17) is 4.42 Å². The maximum atomic E-state index is 12.8. The Hall–Kier alpha value is -2.14. The topological polar surface area (TPSA) is 49.6 Å². The Morgan fingerprint density at radius 2 is 1.92 bits per heavy atom. The number of aryl methyl sites for hydroxylation is 3. The van der Waals surface area contributed by atoms with Crippen molar-refractivity contribution in [1.82, 2.24) is 14.8 Å². The second kappa shape index (κ2) is 7.23. The Kier molecular flexibility index (Phi) is 4.81. The van der Waals surface area contributed by atoms with Crippen LogP contribution in [0.5, 0.6) is 0 Å². The summed E-state index contributed by atoms with van der Waals surface area (Å²) in [5, 5.41) is 0. The molecule has 0 bridgehead atoms.